The van der Waals surface area contributed by atoms with E-state index in [1.807, 2.05) is 0 Å². The van der Waals surface area contributed by atoms with E-state index in [9.17, 15) is 19.8 Å². The second-order valence-corrected chi connectivity index (χ2v) is 7.14. The fourth-order valence-electron chi connectivity index (χ4n) is 3.93. The molecule has 0 aliphatic carbocycles. The molecule has 0 spiro atoms. The third kappa shape index (κ3) is 3.63. The molecule has 5 rings (SSSR count). The minimum Gasteiger partial charge on any atom is -0.507 e. The molecule has 0 aliphatic heterocycles. The van der Waals surface area contributed by atoms with E-state index in [2.05, 4.69) is 0 Å². The number of para-hydroxylation sites is 2. The zero-order valence-corrected chi connectivity index (χ0v) is 19.8. The van der Waals surface area contributed by atoms with Crippen LogP contribution in [-0.2, 0) is 0 Å². The van der Waals surface area contributed by atoms with Gasteiger partial charge in [-0.3, -0.25) is 0 Å². The van der Waals surface area contributed by atoms with E-state index in [1.54, 1.807) is 78.9 Å². The van der Waals surface area contributed by atoms with Gasteiger partial charge in [-0.2, -0.15) is 0 Å². The summed E-state index contributed by atoms with van der Waals surface area (Å²) in [5.41, 5.74) is -0.969. The summed E-state index contributed by atoms with van der Waals surface area (Å²) in [4.78, 5) is 26.0. The number of hydrogen-bond acceptors (Lipinski definition) is 6. The van der Waals surface area contributed by atoms with Gasteiger partial charge in [0.05, 0.1) is 27.8 Å². The second-order valence-electron chi connectivity index (χ2n) is 7.14. The van der Waals surface area contributed by atoms with E-state index < -0.39 is 17.2 Å². The van der Waals surface area contributed by atoms with Crippen molar-refractivity contribution in [3.63, 3.8) is 0 Å². The Hall–Kier alpha value is -2.97. The summed E-state index contributed by atoms with van der Waals surface area (Å²) >= 11 is 0. The van der Waals surface area contributed by atoms with Crippen molar-refractivity contribution in [1.29, 1.82) is 0 Å². The van der Waals surface area contributed by atoms with Gasteiger partial charge in [0.2, 0.25) is 0 Å². The first kappa shape index (κ1) is 22.2. The van der Waals surface area contributed by atoms with Gasteiger partial charge in [-0.05, 0) is 29.8 Å². The van der Waals surface area contributed by atoms with E-state index >= 15 is 0 Å². The van der Waals surface area contributed by atoms with Crippen molar-refractivity contribution in [3.05, 3.63) is 116 Å². The number of benzene rings is 3. The molecule has 1 radical (unpaired) electrons. The van der Waals surface area contributed by atoms with Crippen molar-refractivity contribution in [2.45, 2.75) is 5.92 Å². The van der Waals surface area contributed by atoms with Crippen LogP contribution < -0.4 is 11.3 Å². The van der Waals surface area contributed by atoms with Crippen LogP contribution in [0.1, 0.15) is 22.6 Å². The van der Waals surface area contributed by atoms with Gasteiger partial charge in [-0.15, -0.1) is 0 Å². The maximum absolute atomic E-state index is 13.0. The summed E-state index contributed by atoms with van der Waals surface area (Å²) in [6.45, 7) is 0. The van der Waals surface area contributed by atoms with Crippen LogP contribution in [0.3, 0.4) is 0 Å². The molecule has 0 amide bonds. The van der Waals surface area contributed by atoms with Crippen molar-refractivity contribution in [1.82, 2.24) is 0 Å². The van der Waals surface area contributed by atoms with Crippen molar-refractivity contribution in [3.8, 4) is 11.5 Å². The molecular weight excluding hydrogens is 541 g/mol. The summed E-state index contributed by atoms with van der Waals surface area (Å²) in [5, 5.41) is 22.7. The summed E-state index contributed by atoms with van der Waals surface area (Å²) in [7, 11) is 0. The minimum atomic E-state index is -1.11. The van der Waals surface area contributed by atoms with Gasteiger partial charge in [-0.25, -0.2) is 9.59 Å². The Balaban J connectivity index is 0.00000245. The first-order valence-electron chi connectivity index (χ1n) is 9.60. The molecule has 6 nitrogen and oxygen atoms in total. The van der Waals surface area contributed by atoms with Crippen molar-refractivity contribution < 1.29 is 59.9 Å². The fourth-order valence-corrected chi connectivity index (χ4v) is 3.93. The smallest absolute Gasteiger partial charge is 0.507 e. The molecule has 0 saturated carbocycles. The SMILES string of the molecule is O=c1oc2ccccc2c(O)c1C(c1ccccc1)c1c(O)c2ccccc2oc1=O.[Nd+3]. The largest absolute Gasteiger partial charge is 3.00 e. The molecule has 0 unspecified atom stereocenters. The Labute approximate surface area is 214 Å². The Bertz CT molecular complexity index is 1450. The third-order valence-corrected chi connectivity index (χ3v) is 5.35. The molecule has 3 aromatic carbocycles. The van der Waals surface area contributed by atoms with Crippen LogP contribution in [0, 0.1) is 40.8 Å². The normalized spacial score (nSPS) is 11.0. The van der Waals surface area contributed by atoms with Crippen LogP contribution in [0.25, 0.3) is 21.9 Å². The molecule has 153 valence electrons. The van der Waals surface area contributed by atoms with Crippen molar-refractivity contribution in [2.75, 3.05) is 0 Å². The van der Waals surface area contributed by atoms with E-state index in [0.717, 1.165) is 0 Å². The summed E-state index contributed by atoms with van der Waals surface area (Å²) in [6, 6.07) is 21.8. The van der Waals surface area contributed by atoms with Crippen LogP contribution in [-0.4, -0.2) is 10.2 Å². The Morgan fingerprint density at radius 2 is 1.00 bits per heavy atom. The van der Waals surface area contributed by atoms with Crippen LogP contribution in [0.15, 0.2) is 97.3 Å². The number of hydrogen-bond donors (Lipinski definition) is 2. The molecule has 0 fully saturated rings. The Morgan fingerprint density at radius 3 is 1.47 bits per heavy atom. The average molecular weight is 557 g/mol. The summed E-state index contributed by atoms with van der Waals surface area (Å²) in [5.74, 6) is -1.73. The molecular formula is C25H16NdO6+3. The zero-order chi connectivity index (χ0) is 21.5. The predicted octanol–water partition coefficient (Wildman–Crippen LogP) is 4.49. The zero-order valence-electron chi connectivity index (χ0n) is 16.6. The molecule has 2 heterocycles. The van der Waals surface area contributed by atoms with Gasteiger partial charge in [0.15, 0.2) is 0 Å². The molecule has 2 N–H and O–H groups in total. The van der Waals surface area contributed by atoms with E-state index in [1.165, 1.54) is 0 Å². The third-order valence-electron chi connectivity index (χ3n) is 5.35. The first-order valence-corrected chi connectivity index (χ1v) is 9.60. The molecule has 0 bridgehead atoms. The monoisotopic (exact) mass is 554 g/mol. The Morgan fingerprint density at radius 1 is 0.594 bits per heavy atom. The van der Waals surface area contributed by atoms with Crippen LogP contribution in [0.2, 0.25) is 0 Å². The number of rotatable bonds is 3. The van der Waals surface area contributed by atoms with Gasteiger partial charge >= 0.3 is 52.1 Å². The minimum absolute atomic E-state index is 0. The molecule has 2 aromatic heterocycles. The molecule has 5 aromatic rings. The van der Waals surface area contributed by atoms with Crippen LogP contribution >= 0.6 is 0 Å². The van der Waals surface area contributed by atoms with Gasteiger partial charge in [-0.1, -0.05) is 54.6 Å². The predicted molar refractivity (Wildman–Crippen MR) is 116 cm³/mol. The number of fused-ring (bicyclic) bond motifs is 2. The van der Waals surface area contributed by atoms with Gasteiger partial charge in [0.1, 0.15) is 22.7 Å². The van der Waals surface area contributed by atoms with Crippen molar-refractivity contribution in [2.24, 2.45) is 0 Å². The molecule has 0 aliphatic rings. The molecule has 7 heteroatoms. The standard InChI is InChI=1S/C25H16O6.Nd/c26-22-15-10-4-6-12-17(15)30-24(28)20(22)19(14-8-2-1-3-9-14)21-23(27)16-11-5-7-13-18(16)31-25(21)29;/h1-13,19,26-27H;/q;+3. The fraction of sp³-hybridized carbons (Fsp3) is 0.0400. The van der Waals surface area contributed by atoms with E-state index in [0.29, 0.717) is 16.3 Å². The summed E-state index contributed by atoms with van der Waals surface area (Å²) < 4.78 is 10.9. The van der Waals surface area contributed by atoms with Gasteiger partial charge < -0.3 is 19.0 Å². The van der Waals surface area contributed by atoms with Crippen LogP contribution in [0.4, 0.5) is 0 Å². The average Bonchev–Trinajstić information content (AvgIpc) is 2.78. The van der Waals surface area contributed by atoms with Gasteiger partial charge in [0.25, 0.3) is 0 Å². The molecule has 32 heavy (non-hydrogen) atoms. The second kappa shape index (κ2) is 8.88. The number of aromatic hydroxyl groups is 2. The van der Waals surface area contributed by atoms with E-state index in [4.69, 9.17) is 8.83 Å². The summed E-state index contributed by atoms with van der Waals surface area (Å²) in [6.07, 6.45) is 0. The maximum Gasteiger partial charge on any atom is 3.00 e. The maximum atomic E-state index is 13.0. The van der Waals surface area contributed by atoms with Crippen LogP contribution in [0.5, 0.6) is 11.5 Å². The molecule has 0 saturated heterocycles. The van der Waals surface area contributed by atoms with E-state index in [-0.39, 0.29) is 74.6 Å². The molecule has 0 atom stereocenters. The first-order chi connectivity index (χ1) is 15.1. The topological polar surface area (TPSA) is 101 Å². The quantitative estimate of drug-likeness (QED) is 0.318. The van der Waals surface area contributed by atoms with Gasteiger partial charge in [0, 0.05) is 0 Å². The Kier molecular flexibility index (Phi) is 6.17. The van der Waals surface area contributed by atoms with Crippen molar-refractivity contribution >= 4 is 21.9 Å².